The van der Waals surface area contributed by atoms with Crippen molar-refractivity contribution in [3.05, 3.63) is 42.5 Å². The summed E-state index contributed by atoms with van der Waals surface area (Å²) in [6.45, 7) is 0. The molecule has 3 aromatic carbocycles. The lowest BCUT2D eigenvalue weighted by Crippen LogP contribution is -2.00. The van der Waals surface area contributed by atoms with Crippen LogP contribution in [0.15, 0.2) is 62.5 Å². The van der Waals surface area contributed by atoms with E-state index in [1.807, 2.05) is 0 Å². The van der Waals surface area contributed by atoms with Gasteiger partial charge < -0.3 is 15.2 Å². The van der Waals surface area contributed by atoms with Crippen molar-refractivity contribution in [3.8, 4) is 11.5 Å². The first-order valence-corrected chi connectivity index (χ1v) is 11.4. The largest absolute Gasteiger partial charge is 0.505 e. The molecule has 0 bridgehead atoms. The summed E-state index contributed by atoms with van der Waals surface area (Å²) in [6, 6.07) is 9.27. The van der Waals surface area contributed by atoms with E-state index in [-0.39, 0.29) is 16.8 Å². The highest BCUT2D eigenvalue weighted by molar-refractivity contribution is 7.86. The molecule has 0 heterocycles. The smallest absolute Gasteiger partial charge is 0.296 e. The zero-order valence-electron chi connectivity index (χ0n) is 16.1. The Labute approximate surface area is 177 Å². The van der Waals surface area contributed by atoms with Crippen LogP contribution in [0.25, 0.3) is 10.8 Å². The Balaban J connectivity index is 2.28. The van der Waals surface area contributed by atoms with Crippen LogP contribution >= 0.6 is 0 Å². The van der Waals surface area contributed by atoms with Gasteiger partial charge in [0.1, 0.15) is 26.9 Å². The normalized spacial score (nSPS) is 12.4. The van der Waals surface area contributed by atoms with Gasteiger partial charge >= 0.3 is 0 Å². The van der Waals surface area contributed by atoms with E-state index in [0.717, 1.165) is 18.2 Å². The highest BCUT2D eigenvalue weighted by atomic mass is 32.2. The number of methoxy groups -OCH3 is 1. The van der Waals surface area contributed by atoms with Gasteiger partial charge in [0, 0.05) is 24.2 Å². The number of aromatic hydroxyl groups is 1. The second-order valence-corrected chi connectivity index (χ2v) is 9.02. The monoisotopic (exact) mass is 467 g/mol. The fourth-order valence-corrected chi connectivity index (χ4v) is 4.10. The van der Waals surface area contributed by atoms with Gasteiger partial charge in [0.2, 0.25) is 0 Å². The molecule has 0 radical (unpaired) electrons. The maximum absolute atomic E-state index is 11.9. The molecule has 164 valence electrons. The van der Waals surface area contributed by atoms with Gasteiger partial charge in [0.15, 0.2) is 5.75 Å². The number of benzene rings is 3. The number of hydrogen-bond donors (Lipinski definition) is 4. The molecule has 0 saturated heterocycles. The van der Waals surface area contributed by atoms with Gasteiger partial charge in [-0.25, -0.2) is 0 Å². The number of nitrogens with zero attached hydrogens (tertiary/aromatic N) is 2. The van der Waals surface area contributed by atoms with Crippen LogP contribution in [0.4, 0.5) is 17.1 Å². The number of azo groups is 1. The van der Waals surface area contributed by atoms with Gasteiger partial charge in [-0.15, -0.1) is 10.2 Å². The van der Waals surface area contributed by atoms with E-state index < -0.39 is 41.5 Å². The Kier molecular flexibility index (Phi) is 5.87. The predicted molar refractivity (Wildman–Crippen MR) is 112 cm³/mol. The zero-order chi connectivity index (χ0) is 23.0. The van der Waals surface area contributed by atoms with E-state index in [0.29, 0.717) is 11.1 Å². The van der Waals surface area contributed by atoms with Crippen molar-refractivity contribution >= 4 is 48.1 Å². The number of hydrogen-bond acceptors (Lipinski definition) is 9. The van der Waals surface area contributed by atoms with Crippen LogP contribution in [0.2, 0.25) is 0 Å². The van der Waals surface area contributed by atoms with E-state index in [2.05, 4.69) is 15.5 Å². The van der Waals surface area contributed by atoms with Crippen molar-refractivity contribution in [3.63, 3.8) is 0 Å². The SMILES string of the molecule is CNc1ccc2cc(S(=O)(=O)O)c(N=Nc3ccc(OC)cc3S(=O)(=O)O)c(O)c2c1. The third-order valence-corrected chi connectivity index (χ3v) is 6.07. The molecular formula is C18H17N3O8S2. The lowest BCUT2D eigenvalue weighted by molar-refractivity contribution is 0.412. The molecule has 31 heavy (non-hydrogen) atoms. The first-order valence-electron chi connectivity index (χ1n) is 8.48. The average molecular weight is 467 g/mol. The van der Waals surface area contributed by atoms with Gasteiger partial charge in [-0.05, 0) is 35.7 Å². The predicted octanol–water partition coefficient (Wildman–Crippen LogP) is 3.50. The molecule has 13 heteroatoms. The quantitative estimate of drug-likeness (QED) is 0.312. The van der Waals surface area contributed by atoms with E-state index in [4.69, 9.17) is 4.74 Å². The average Bonchev–Trinajstić information content (AvgIpc) is 2.71. The summed E-state index contributed by atoms with van der Waals surface area (Å²) in [7, 11) is -6.64. The summed E-state index contributed by atoms with van der Waals surface area (Å²) in [5.74, 6) is -0.494. The molecule has 3 aromatic rings. The van der Waals surface area contributed by atoms with Gasteiger partial charge in [-0.2, -0.15) is 16.8 Å². The Morgan fingerprint density at radius 2 is 1.58 bits per heavy atom. The van der Waals surface area contributed by atoms with Crippen molar-refractivity contribution in [2.75, 3.05) is 19.5 Å². The Morgan fingerprint density at radius 3 is 2.16 bits per heavy atom. The molecule has 0 fully saturated rings. The fourth-order valence-electron chi connectivity index (χ4n) is 2.80. The summed E-state index contributed by atoms with van der Waals surface area (Å²) in [6.07, 6.45) is 0. The van der Waals surface area contributed by atoms with Crippen LogP contribution in [-0.4, -0.2) is 45.2 Å². The number of rotatable bonds is 6. The van der Waals surface area contributed by atoms with Gasteiger partial charge in [-0.3, -0.25) is 9.11 Å². The number of phenols is 1. The van der Waals surface area contributed by atoms with Crippen molar-refractivity contribution in [1.29, 1.82) is 0 Å². The van der Waals surface area contributed by atoms with Crippen LogP contribution in [0.1, 0.15) is 0 Å². The lowest BCUT2D eigenvalue weighted by Gasteiger charge is -2.10. The summed E-state index contributed by atoms with van der Waals surface area (Å²) in [5, 5.41) is 21.4. The summed E-state index contributed by atoms with van der Waals surface area (Å²) >= 11 is 0. The molecule has 0 unspecified atom stereocenters. The third-order valence-electron chi connectivity index (χ3n) is 4.32. The maximum atomic E-state index is 11.9. The van der Waals surface area contributed by atoms with Crippen LogP contribution in [-0.2, 0) is 20.2 Å². The Bertz CT molecular complexity index is 1420. The molecular weight excluding hydrogens is 450 g/mol. The first kappa shape index (κ1) is 22.4. The van der Waals surface area contributed by atoms with Crippen molar-refractivity contribution in [1.82, 2.24) is 0 Å². The number of phenolic OH excluding ortho intramolecular Hbond substituents is 1. The molecule has 4 N–H and O–H groups in total. The number of anilines is 1. The second kappa shape index (κ2) is 8.11. The van der Waals surface area contributed by atoms with Crippen molar-refractivity contribution < 1.29 is 35.8 Å². The van der Waals surface area contributed by atoms with Crippen LogP contribution < -0.4 is 10.1 Å². The van der Waals surface area contributed by atoms with Crippen molar-refractivity contribution in [2.45, 2.75) is 9.79 Å². The van der Waals surface area contributed by atoms with E-state index in [9.17, 15) is 31.0 Å². The minimum absolute atomic E-state index is 0.110. The topological polar surface area (TPSA) is 175 Å². The number of nitrogens with one attached hydrogen (secondary N) is 1. The zero-order valence-corrected chi connectivity index (χ0v) is 17.8. The summed E-state index contributed by atoms with van der Waals surface area (Å²) < 4.78 is 71.1. The first-order chi connectivity index (χ1) is 14.5. The molecule has 0 aromatic heterocycles. The molecule has 11 nitrogen and oxygen atoms in total. The van der Waals surface area contributed by atoms with Crippen LogP contribution in [0, 0.1) is 0 Å². The number of ether oxygens (including phenoxy) is 1. The second-order valence-electron chi connectivity index (χ2n) is 6.24. The molecule has 0 aliphatic carbocycles. The highest BCUT2D eigenvalue weighted by Gasteiger charge is 2.23. The van der Waals surface area contributed by atoms with Gasteiger partial charge in [0.05, 0.1) is 7.11 Å². The summed E-state index contributed by atoms with van der Waals surface area (Å²) in [5.41, 5.74) is -0.359. The van der Waals surface area contributed by atoms with Gasteiger partial charge in [0.25, 0.3) is 20.2 Å². The minimum Gasteiger partial charge on any atom is -0.505 e. The van der Waals surface area contributed by atoms with E-state index in [1.54, 1.807) is 13.1 Å². The maximum Gasteiger partial charge on any atom is 0.296 e. The number of fused-ring (bicyclic) bond motifs is 1. The Hall–Kier alpha value is -3.26. The Morgan fingerprint density at radius 1 is 0.903 bits per heavy atom. The standard InChI is InChI=1S/C18H17N3O8S2/c1-19-11-4-3-10-7-16(31(26,27)28)17(18(22)13(10)8-11)21-20-14-6-5-12(29-2)9-15(14)30(23,24)25/h3-9,19,22H,1-2H3,(H,23,24,25)(H,26,27,28). The van der Waals surface area contributed by atoms with Crippen molar-refractivity contribution in [2.24, 2.45) is 10.2 Å². The third kappa shape index (κ3) is 4.59. The molecule has 0 amide bonds. The minimum atomic E-state index is -4.83. The van der Waals surface area contributed by atoms with E-state index >= 15 is 0 Å². The van der Waals surface area contributed by atoms with E-state index in [1.165, 1.54) is 25.3 Å². The molecule has 0 aliphatic heterocycles. The highest BCUT2D eigenvalue weighted by Crippen LogP contribution is 2.42. The van der Waals surface area contributed by atoms with Crippen LogP contribution in [0.5, 0.6) is 11.5 Å². The molecule has 0 spiro atoms. The van der Waals surface area contributed by atoms with Gasteiger partial charge in [-0.1, -0.05) is 6.07 Å². The molecule has 0 aliphatic rings. The molecule has 3 rings (SSSR count). The fraction of sp³-hybridized carbons (Fsp3) is 0.111. The summed E-state index contributed by atoms with van der Waals surface area (Å²) in [4.78, 5) is -1.39. The molecule has 0 saturated carbocycles. The lowest BCUT2D eigenvalue weighted by atomic mass is 10.1. The van der Waals surface area contributed by atoms with Crippen LogP contribution in [0.3, 0.4) is 0 Å². The molecule has 0 atom stereocenters.